The van der Waals surface area contributed by atoms with Crippen LogP contribution in [0.15, 0.2) is 35.7 Å². The third-order valence-corrected chi connectivity index (χ3v) is 4.41. The van der Waals surface area contributed by atoms with Crippen molar-refractivity contribution in [3.05, 3.63) is 45.6 Å². The summed E-state index contributed by atoms with van der Waals surface area (Å²) >= 11 is 7.52. The predicted molar refractivity (Wildman–Crippen MR) is 100 cm³/mol. The summed E-state index contributed by atoms with van der Waals surface area (Å²) < 4.78 is 5.19. The summed E-state index contributed by atoms with van der Waals surface area (Å²) in [6, 6.07) is 8.87. The Hall–Kier alpha value is -2.09. The van der Waals surface area contributed by atoms with Gasteiger partial charge in [-0.3, -0.25) is 14.5 Å². The number of benzene rings is 1. The minimum absolute atomic E-state index is 0.0715. The zero-order chi connectivity index (χ0) is 18.2. The summed E-state index contributed by atoms with van der Waals surface area (Å²) in [6.07, 6.45) is 0. The SMILES string of the molecule is COc1ccc(Cl)cc1NC(=O)CN(C)CC(=O)NCc1cccs1. The van der Waals surface area contributed by atoms with E-state index in [-0.39, 0.29) is 24.9 Å². The van der Waals surface area contributed by atoms with E-state index < -0.39 is 0 Å². The van der Waals surface area contributed by atoms with Crippen molar-refractivity contribution in [1.29, 1.82) is 0 Å². The van der Waals surface area contributed by atoms with Crippen LogP contribution in [-0.2, 0) is 16.1 Å². The van der Waals surface area contributed by atoms with Gasteiger partial charge in [-0.15, -0.1) is 11.3 Å². The van der Waals surface area contributed by atoms with Gasteiger partial charge in [-0.05, 0) is 36.7 Å². The molecule has 0 aliphatic carbocycles. The van der Waals surface area contributed by atoms with Gasteiger partial charge in [-0.1, -0.05) is 17.7 Å². The molecule has 25 heavy (non-hydrogen) atoms. The third kappa shape index (κ3) is 6.38. The molecule has 0 bridgehead atoms. The molecule has 2 aromatic rings. The van der Waals surface area contributed by atoms with Gasteiger partial charge in [-0.25, -0.2) is 0 Å². The Balaban J connectivity index is 1.79. The number of carbonyl (C=O) groups is 2. The van der Waals surface area contributed by atoms with Crippen molar-refractivity contribution in [2.45, 2.75) is 6.54 Å². The topological polar surface area (TPSA) is 70.7 Å². The van der Waals surface area contributed by atoms with Crippen molar-refractivity contribution >= 4 is 40.4 Å². The van der Waals surface area contributed by atoms with E-state index in [0.717, 1.165) is 4.88 Å². The molecule has 0 saturated carbocycles. The normalized spacial score (nSPS) is 10.6. The van der Waals surface area contributed by atoms with E-state index in [2.05, 4.69) is 10.6 Å². The minimum atomic E-state index is -0.255. The van der Waals surface area contributed by atoms with E-state index in [1.807, 2.05) is 17.5 Å². The van der Waals surface area contributed by atoms with Crippen LogP contribution in [0.5, 0.6) is 5.75 Å². The number of nitrogens with zero attached hydrogens (tertiary/aromatic N) is 1. The summed E-state index contributed by atoms with van der Waals surface area (Å²) in [5.74, 6) is 0.132. The lowest BCUT2D eigenvalue weighted by molar-refractivity contribution is -0.123. The molecule has 0 aliphatic rings. The van der Waals surface area contributed by atoms with Crippen molar-refractivity contribution in [3.8, 4) is 5.75 Å². The second kappa shape index (κ2) is 9.41. The average molecular weight is 382 g/mol. The second-order valence-electron chi connectivity index (χ2n) is 5.42. The molecule has 6 nitrogen and oxygen atoms in total. The molecule has 8 heteroatoms. The molecule has 0 saturated heterocycles. The van der Waals surface area contributed by atoms with Crippen LogP contribution in [0.25, 0.3) is 0 Å². The van der Waals surface area contributed by atoms with Crippen LogP contribution in [0.3, 0.4) is 0 Å². The fourth-order valence-electron chi connectivity index (χ4n) is 2.17. The molecule has 0 radical (unpaired) electrons. The maximum absolute atomic E-state index is 12.1. The highest BCUT2D eigenvalue weighted by Crippen LogP contribution is 2.27. The molecule has 0 spiro atoms. The predicted octanol–water partition coefficient (Wildman–Crippen LogP) is 2.60. The van der Waals surface area contributed by atoms with E-state index in [1.165, 1.54) is 7.11 Å². The Labute approximate surface area is 155 Å². The quantitative estimate of drug-likeness (QED) is 0.737. The Morgan fingerprint density at radius 2 is 2.00 bits per heavy atom. The Bertz CT molecular complexity index is 722. The summed E-state index contributed by atoms with van der Waals surface area (Å²) in [7, 11) is 3.22. The molecule has 1 aromatic carbocycles. The van der Waals surface area contributed by atoms with Gasteiger partial charge in [0.15, 0.2) is 0 Å². The van der Waals surface area contributed by atoms with Crippen molar-refractivity contribution in [2.24, 2.45) is 0 Å². The van der Waals surface area contributed by atoms with Crippen molar-refractivity contribution < 1.29 is 14.3 Å². The average Bonchev–Trinajstić information content (AvgIpc) is 3.06. The number of rotatable bonds is 8. The molecule has 2 amide bonds. The number of nitrogens with one attached hydrogen (secondary N) is 2. The number of hydrogen-bond donors (Lipinski definition) is 2. The number of halogens is 1. The molecule has 0 aliphatic heterocycles. The molecule has 0 unspecified atom stereocenters. The number of hydrogen-bond acceptors (Lipinski definition) is 5. The number of carbonyl (C=O) groups excluding carboxylic acids is 2. The highest BCUT2D eigenvalue weighted by atomic mass is 35.5. The summed E-state index contributed by atoms with van der Waals surface area (Å²) in [5, 5.41) is 8.02. The first-order valence-electron chi connectivity index (χ1n) is 7.59. The molecule has 0 atom stereocenters. The summed E-state index contributed by atoms with van der Waals surface area (Å²) in [5.41, 5.74) is 0.496. The minimum Gasteiger partial charge on any atom is -0.495 e. The molecule has 1 aromatic heterocycles. The first kappa shape index (κ1) is 19.2. The number of methoxy groups -OCH3 is 1. The van der Waals surface area contributed by atoms with Crippen LogP contribution in [-0.4, -0.2) is 44.0 Å². The van der Waals surface area contributed by atoms with Crippen molar-refractivity contribution in [3.63, 3.8) is 0 Å². The van der Waals surface area contributed by atoms with Crippen LogP contribution < -0.4 is 15.4 Å². The maximum Gasteiger partial charge on any atom is 0.238 e. The van der Waals surface area contributed by atoms with E-state index in [9.17, 15) is 9.59 Å². The fourth-order valence-corrected chi connectivity index (χ4v) is 2.99. The van der Waals surface area contributed by atoms with E-state index in [0.29, 0.717) is 23.0 Å². The largest absolute Gasteiger partial charge is 0.495 e. The smallest absolute Gasteiger partial charge is 0.238 e. The zero-order valence-corrected chi connectivity index (χ0v) is 15.6. The zero-order valence-electron chi connectivity index (χ0n) is 14.0. The first-order valence-corrected chi connectivity index (χ1v) is 8.84. The van der Waals surface area contributed by atoms with Gasteiger partial charge in [0, 0.05) is 9.90 Å². The van der Waals surface area contributed by atoms with E-state index in [1.54, 1.807) is 41.5 Å². The van der Waals surface area contributed by atoms with Gasteiger partial charge in [0.25, 0.3) is 0 Å². The lowest BCUT2D eigenvalue weighted by Gasteiger charge is -2.17. The van der Waals surface area contributed by atoms with Gasteiger partial charge >= 0.3 is 0 Å². The van der Waals surface area contributed by atoms with Crippen LogP contribution >= 0.6 is 22.9 Å². The molecule has 0 fully saturated rings. The number of thiophene rings is 1. The van der Waals surface area contributed by atoms with E-state index >= 15 is 0 Å². The van der Waals surface area contributed by atoms with E-state index in [4.69, 9.17) is 16.3 Å². The fraction of sp³-hybridized carbons (Fsp3) is 0.294. The van der Waals surface area contributed by atoms with Crippen molar-refractivity contribution in [1.82, 2.24) is 10.2 Å². The Morgan fingerprint density at radius 1 is 1.24 bits per heavy atom. The number of likely N-dealkylation sites (N-methyl/N-ethyl adjacent to an activating group) is 1. The standard InChI is InChI=1S/C17H20ClN3O3S/c1-21(10-16(22)19-9-13-4-3-7-25-13)11-17(23)20-14-8-12(18)5-6-15(14)24-2/h3-8H,9-11H2,1-2H3,(H,19,22)(H,20,23). The van der Waals surface area contributed by atoms with Crippen molar-refractivity contribution in [2.75, 3.05) is 32.6 Å². The van der Waals surface area contributed by atoms with Crippen LogP contribution in [0.1, 0.15) is 4.88 Å². The number of ether oxygens (including phenoxy) is 1. The second-order valence-corrected chi connectivity index (χ2v) is 6.89. The van der Waals surface area contributed by atoms with Gasteiger partial charge in [0.2, 0.25) is 11.8 Å². The lowest BCUT2D eigenvalue weighted by Crippen LogP contribution is -2.38. The third-order valence-electron chi connectivity index (χ3n) is 3.30. The Morgan fingerprint density at radius 3 is 2.68 bits per heavy atom. The molecule has 1 heterocycles. The molecule has 2 rings (SSSR count). The van der Waals surface area contributed by atoms with Gasteiger partial charge in [0.1, 0.15) is 5.75 Å². The van der Waals surface area contributed by atoms with Gasteiger partial charge in [0.05, 0.1) is 32.4 Å². The molecular weight excluding hydrogens is 362 g/mol. The van der Waals surface area contributed by atoms with Gasteiger partial charge < -0.3 is 15.4 Å². The van der Waals surface area contributed by atoms with Gasteiger partial charge in [-0.2, -0.15) is 0 Å². The highest BCUT2D eigenvalue weighted by Gasteiger charge is 2.13. The molecule has 2 N–H and O–H groups in total. The maximum atomic E-state index is 12.1. The first-order chi connectivity index (χ1) is 12.0. The molecule has 134 valence electrons. The number of anilines is 1. The molecular formula is C17H20ClN3O3S. The van der Waals surface area contributed by atoms with Crippen LogP contribution in [0.4, 0.5) is 5.69 Å². The lowest BCUT2D eigenvalue weighted by atomic mass is 10.3. The highest BCUT2D eigenvalue weighted by molar-refractivity contribution is 7.09. The van der Waals surface area contributed by atoms with Crippen LogP contribution in [0.2, 0.25) is 5.02 Å². The summed E-state index contributed by atoms with van der Waals surface area (Å²) in [6.45, 7) is 0.698. The van der Waals surface area contributed by atoms with Crippen LogP contribution in [0, 0.1) is 0 Å². The summed E-state index contributed by atoms with van der Waals surface area (Å²) in [4.78, 5) is 26.8. The number of amides is 2. The monoisotopic (exact) mass is 381 g/mol. The Kier molecular flexibility index (Phi) is 7.24.